The zero-order valence-electron chi connectivity index (χ0n) is 15.0. The number of nitrogens with zero attached hydrogens (tertiary/aromatic N) is 1. The Labute approximate surface area is 153 Å². The Bertz CT molecular complexity index is 732. The molecule has 0 aliphatic heterocycles. The van der Waals surface area contributed by atoms with Crippen molar-refractivity contribution in [3.8, 4) is 5.75 Å². The Kier molecular flexibility index (Phi) is 6.44. The zero-order valence-corrected chi connectivity index (χ0v) is 15.0. The number of methoxy groups -OCH3 is 1. The molecule has 1 aliphatic rings. The summed E-state index contributed by atoms with van der Waals surface area (Å²) in [5, 5.41) is 6.11. The van der Waals surface area contributed by atoms with E-state index in [1.54, 1.807) is 25.4 Å². The molecule has 3 rings (SSSR count). The first-order valence-electron chi connectivity index (χ1n) is 8.99. The van der Waals surface area contributed by atoms with E-state index in [1.165, 1.54) is 12.8 Å². The number of ether oxygens (including phenoxy) is 2. The Hall–Kier alpha value is -2.60. The van der Waals surface area contributed by atoms with Crippen LogP contribution in [0.2, 0.25) is 0 Å². The Morgan fingerprint density at radius 3 is 2.88 bits per heavy atom. The second-order valence-corrected chi connectivity index (χ2v) is 6.35. The highest BCUT2D eigenvalue weighted by Gasteiger charge is 2.20. The lowest BCUT2D eigenvalue weighted by molar-refractivity contribution is 0.0938. The average Bonchev–Trinajstić information content (AvgIpc) is 3.49. The number of benzene rings is 1. The monoisotopic (exact) mass is 355 g/mol. The molecule has 0 saturated heterocycles. The highest BCUT2D eigenvalue weighted by molar-refractivity contribution is 5.99. The molecule has 0 radical (unpaired) electrons. The van der Waals surface area contributed by atoms with Crippen LogP contribution >= 0.6 is 0 Å². The van der Waals surface area contributed by atoms with Crippen molar-refractivity contribution < 1.29 is 14.3 Å². The van der Waals surface area contributed by atoms with E-state index in [0.29, 0.717) is 30.3 Å². The molecule has 2 aromatic rings. The molecule has 0 unspecified atom stereocenters. The van der Waals surface area contributed by atoms with Crippen LogP contribution < -0.4 is 15.4 Å². The fourth-order valence-corrected chi connectivity index (χ4v) is 2.57. The van der Waals surface area contributed by atoms with Gasteiger partial charge >= 0.3 is 0 Å². The number of hydrogen-bond donors (Lipinski definition) is 2. The molecule has 1 aliphatic carbocycles. The third-order valence-electron chi connectivity index (χ3n) is 4.21. The van der Waals surface area contributed by atoms with Gasteiger partial charge in [-0.1, -0.05) is 12.1 Å². The maximum absolute atomic E-state index is 12.5. The lowest BCUT2D eigenvalue weighted by atomic mass is 10.2. The van der Waals surface area contributed by atoms with Gasteiger partial charge in [0.2, 0.25) is 0 Å². The molecule has 1 saturated carbocycles. The third-order valence-corrected chi connectivity index (χ3v) is 4.21. The normalized spacial score (nSPS) is 13.3. The van der Waals surface area contributed by atoms with Gasteiger partial charge in [-0.25, -0.2) is 4.98 Å². The minimum absolute atomic E-state index is 0.155. The average molecular weight is 355 g/mol. The zero-order chi connectivity index (χ0) is 18.2. The molecule has 2 N–H and O–H groups in total. The fourth-order valence-electron chi connectivity index (χ4n) is 2.57. The molecular weight excluding hydrogens is 330 g/mol. The molecule has 0 atom stereocenters. The van der Waals surface area contributed by atoms with E-state index < -0.39 is 0 Å². The quantitative estimate of drug-likeness (QED) is 0.639. The summed E-state index contributed by atoms with van der Waals surface area (Å²) in [6.45, 7) is 2.10. The lowest BCUT2D eigenvalue weighted by Gasteiger charge is -2.13. The number of aromatic nitrogens is 1. The molecule has 26 heavy (non-hydrogen) atoms. The summed E-state index contributed by atoms with van der Waals surface area (Å²) >= 11 is 0. The summed E-state index contributed by atoms with van der Waals surface area (Å²) in [5.74, 6) is 1.80. The van der Waals surface area contributed by atoms with Crippen molar-refractivity contribution in [1.82, 2.24) is 10.3 Å². The van der Waals surface area contributed by atoms with E-state index in [4.69, 9.17) is 9.47 Å². The van der Waals surface area contributed by atoms with E-state index >= 15 is 0 Å². The molecule has 1 aromatic carbocycles. The molecule has 6 heteroatoms. The largest absolute Gasteiger partial charge is 0.495 e. The summed E-state index contributed by atoms with van der Waals surface area (Å²) in [7, 11) is 1.61. The number of rotatable bonds is 10. The second kappa shape index (κ2) is 9.20. The van der Waals surface area contributed by atoms with Crippen LogP contribution in [0.15, 0.2) is 42.6 Å². The van der Waals surface area contributed by atoms with Gasteiger partial charge in [-0.3, -0.25) is 4.79 Å². The standard InChI is InChI=1S/C20H25N3O3/c1-25-18-8-3-2-7-17(18)23-19-16(6-4-11-21-19)20(24)22-12-5-13-26-14-15-9-10-15/h2-4,6-8,11,15H,5,9-10,12-14H2,1H3,(H,21,23)(H,22,24). The number of amides is 1. The van der Waals surface area contributed by atoms with Crippen molar-refractivity contribution in [1.29, 1.82) is 0 Å². The van der Waals surface area contributed by atoms with E-state index in [2.05, 4.69) is 15.6 Å². The van der Waals surface area contributed by atoms with Crippen molar-refractivity contribution in [3.05, 3.63) is 48.2 Å². The fraction of sp³-hybridized carbons (Fsp3) is 0.400. The summed E-state index contributed by atoms with van der Waals surface area (Å²) < 4.78 is 10.9. The molecule has 138 valence electrons. The Morgan fingerprint density at radius 2 is 2.08 bits per heavy atom. The molecule has 1 heterocycles. The Morgan fingerprint density at radius 1 is 1.23 bits per heavy atom. The van der Waals surface area contributed by atoms with E-state index in [9.17, 15) is 4.79 Å². The number of carbonyl (C=O) groups excluding carboxylic acids is 1. The van der Waals surface area contributed by atoms with Gasteiger partial charge in [-0.15, -0.1) is 0 Å². The topological polar surface area (TPSA) is 72.5 Å². The van der Waals surface area contributed by atoms with Crippen LogP contribution in [0.5, 0.6) is 5.75 Å². The summed E-state index contributed by atoms with van der Waals surface area (Å²) in [5.41, 5.74) is 1.26. The van der Waals surface area contributed by atoms with Crippen LogP contribution in [0.3, 0.4) is 0 Å². The highest BCUT2D eigenvalue weighted by Crippen LogP contribution is 2.29. The van der Waals surface area contributed by atoms with Crippen LogP contribution in [-0.2, 0) is 4.74 Å². The number of carbonyl (C=O) groups is 1. The van der Waals surface area contributed by atoms with Crippen LogP contribution in [0.4, 0.5) is 11.5 Å². The summed E-state index contributed by atoms with van der Waals surface area (Å²) in [4.78, 5) is 16.8. The number of hydrogen-bond acceptors (Lipinski definition) is 5. The van der Waals surface area contributed by atoms with Gasteiger partial charge in [0.15, 0.2) is 0 Å². The Balaban J connectivity index is 1.54. The summed E-state index contributed by atoms with van der Waals surface area (Å²) in [6.07, 6.45) is 5.04. The third kappa shape index (κ3) is 5.20. The van der Waals surface area contributed by atoms with Gasteiger partial charge in [0.05, 0.1) is 18.4 Å². The van der Waals surface area contributed by atoms with E-state index in [-0.39, 0.29) is 5.91 Å². The van der Waals surface area contributed by atoms with Crippen molar-refractivity contribution in [2.24, 2.45) is 5.92 Å². The van der Waals surface area contributed by atoms with E-state index in [0.717, 1.165) is 24.6 Å². The lowest BCUT2D eigenvalue weighted by Crippen LogP contribution is -2.26. The highest BCUT2D eigenvalue weighted by atomic mass is 16.5. The maximum atomic E-state index is 12.5. The minimum Gasteiger partial charge on any atom is -0.495 e. The van der Waals surface area contributed by atoms with Crippen LogP contribution in [0, 0.1) is 5.92 Å². The molecule has 0 spiro atoms. The van der Waals surface area contributed by atoms with E-state index in [1.807, 2.05) is 24.3 Å². The first kappa shape index (κ1) is 18.2. The molecule has 1 aromatic heterocycles. The van der Waals surface area contributed by atoms with Gasteiger partial charge < -0.3 is 20.1 Å². The van der Waals surface area contributed by atoms with Crippen molar-refractivity contribution in [2.45, 2.75) is 19.3 Å². The van der Waals surface area contributed by atoms with Crippen LogP contribution in [0.1, 0.15) is 29.6 Å². The van der Waals surface area contributed by atoms with Gasteiger partial charge in [0, 0.05) is 26.0 Å². The minimum atomic E-state index is -0.155. The van der Waals surface area contributed by atoms with Crippen molar-refractivity contribution in [3.63, 3.8) is 0 Å². The van der Waals surface area contributed by atoms with Gasteiger partial charge in [-0.05, 0) is 49.4 Å². The van der Waals surface area contributed by atoms with Gasteiger partial charge in [-0.2, -0.15) is 0 Å². The van der Waals surface area contributed by atoms with Gasteiger partial charge in [0.1, 0.15) is 11.6 Å². The van der Waals surface area contributed by atoms with Crippen LogP contribution in [-0.4, -0.2) is 37.8 Å². The first-order valence-corrected chi connectivity index (χ1v) is 8.99. The molecule has 6 nitrogen and oxygen atoms in total. The molecular formula is C20H25N3O3. The SMILES string of the molecule is COc1ccccc1Nc1ncccc1C(=O)NCCCOCC1CC1. The number of anilines is 2. The number of nitrogens with one attached hydrogen (secondary N) is 2. The number of para-hydroxylation sites is 2. The van der Waals surface area contributed by atoms with Crippen molar-refractivity contribution in [2.75, 3.05) is 32.2 Å². The second-order valence-electron chi connectivity index (χ2n) is 6.35. The number of pyridine rings is 1. The smallest absolute Gasteiger partial charge is 0.255 e. The predicted octanol–water partition coefficient (Wildman–Crippen LogP) is 3.38. The molecule has 1 amide bonds. The first-order chi connectivity index (χ1) is 12.8. The van der Waals surface area contributed by atoms with Crippen LogP contribution in [0.25, 0.3) is 0 Å². The van der Waals surface area contributed by atoms with Crippen molar-refractivity contribution >= 4 is 17.4 Å². The molecule has 1 fully saturated rings. The van der Waals surface area contributed by atoms with Gasteiger partial charge in [0.25, 0.3) is 5.91 Å². The maximum Gasteiger partial charge on any atom is 0.255 e. The predicted molar refractivity (Wildman–Crippen MR) is 101 cm³/mol. The molecule has 0 bridgehead atoms. The summed E-state index contributed by atoms with van der Waals surface area (Å²) in [6, 6.07) is 11.0.